The van der Waals surface area contributed by atoms with Crippen LogP contribution < -0.4 is 10.2 Å². The fourth-order valence-corrected chi connectivity index (χ4v) is 3.95. The molecule has 3 aromatic rings. The molecule has 144 valence electrons. The predicted octanol–water partition coefficient (Wildman–Crippen LogP) is 5.08. The number of benzene rings is 2. The van der Waals surface area contributed by atoms with Gasteiger partial charge in [0.15, 0.2) is 0 Å². The van der Waals surface area contributed by atoms with Gasteiger partial charge in [0, 0.05) is 30.7 Å². The summed E-state index contributed by atoms with van der Waals surface area (Å²) < 4.78 is 13.5. The van der Waals surface area contributed by atoms with Gasteiger partial charge in [0.1, 0.15) is 11.6 Å². The smallest absolute Gasteiger partial charge is 0.253 e. The number of amides is 1. The monoisotopic (exact) mass is 417 g/mol. The lowest BCUT2D eigenvalue weighted by Gasteiger charge is -2.33. The summed E-state index contributed by atoms with van der Waals surface area (Å²) in [5, 5.41) is 5.43. The normalized spacial score (nSPS) is 15.0. The fourth-order valence-electron chi connectivity index (χ4n) is 3.56. The number of aromatic nitrogens is 1. The van der Waals surface area contributed by atoms with Crippen LogP contribution in [0.25, 0.3) is 10.8 Å². The molecule has 4 rings (SSSR count). The van der Waals surface area contributed by atoms with Crippen molar-refractivity contribution in [3.05, 3.63) is 70.1 Å². The van der Waals surface area contributed by atoms with E-state index in [4.69, 9.17) is 23.2 Å². The maximum Gasteiger partial charge on any atom is 0.253 e. The number of hydrogen-bond donors (Lipinski definition) is 1. The highest BCUT2D eigenvalue weighted by Gasteiger charge is 2.24. The standard InChI is InChI=1S/C21H18Cl2FN3O/c22-18-3-1-2-17(19(18)23)21(28)26-15-7-10-27(11-8-15)20-16-5-4-14(24)12-13(16)6-9-25-20/h1-6,9,12,15H,7-8,10-11H2,(H,26,28). The summed E-state index contributed by atoms with van der Waals surface area (Å²) in [6.45, 7) is 1.50. The number of carbonyl (C=O) groups is 1. The van der Waals surface area contributed by atoms with E-state index >= 15 is 0 Å². The Balaban J connectivity index is 1.44. The minimum atomic E-state index is -0.259. The Morgan fingerprint density at radius 1 is 1.14 bits per heavy atom. The molecule has 1 amide bonds. The van der Waals surface area contributed by atoms with Crippen molar-refractivity contribution in [1.29, 1.82) is 0 Å². The molecule has 7 heteroatoms. The Hall–Kier alpha value is -2.37. The Kier molecular flexibility index (Phi) is 5.38. The van der Waals surface area contributed by atoms with Crippen molar-refractivity contribution < 1.29 is 9.18 Å². The van der Waals surface area contributed by atoms with Gasteiger partial charge in [-0.1, -0.05) is 29.3 Å². The Morgan fingerprint density at radius 2 is 1.93 bits per heavy atom. The van der Waals surface area contributed by atoms with E-state index in [-0.39, 0.29) is 22.8 Å². The first-order chi connectivity index (χ1) is 13.5. The SMILES string of the molecule is O=C(NC1CCN(c2nccc3cc(F)ccc23)CC1)c1cccc(Cl)c1Cl. The van der Waals surface area contributed by atoms with Gasteiger partial charge in [0.2, 0.25) is 0 Å². The molecule has 0 bridgehead atoms. The maximum atomic E-state index is 13.5. The molecule has 0 spiro atoms. The van der Waals surface area contributed by atoms with Gasteiger partial charge in [0.05, 0.1) is 15.6 Å². The zero-order valence-electron chi connectivity index (χ0n) is 15.0. The second-order valence-corrected chi connectivity index (χ2v) is 7.62. The minimum Gasteiger partial charge on any atom is -0.356 e. The molecule has 2 heterocycles. The number of fused-ring (bicyclic) bond motifs is 1. The topological polar surface area (TPSA) is 45.2 Å². The molecular weight excluding hydrogens is 400 g/mol. The summed E-state index contributed by atoms with van der Waals surface area (Å²) in [7, 11) is 0. The number of pyridine rings is 1. The maximum absolute atomic E-state index is 13.5. The molecule has 0 atom stereocenters. The number of nitrogens with one attached hydrogen (secondary N) is 1. The average Bonchev–Trinajstić information content (AvgIpc) is 2.70. The van der Waals surface area contributed by atoms with Crippen LogP contribution in [-0.2, 0) is 0 Å². The van der Waals surface area contributed by atoms with E-state index in [1.807, 2.05) is 6.07 Å². The number of rotatable bonds is 3. The van der Waals surface area contributed by atoms with Crippen molar-refractivity contribution in [3.8, 4) is 0 Å². The van der Waals surface area contributed by atoms with Gasteiger partial charge in [-0.2, -0.15) is 0 Å². The average molecular weight is 418 g/mol. The van der Waals surface area contributed by atoms with E-state index in [1.54, 1.807) is 30.5 Å². The van der Waals surface area contributed by atoms with Gasteiger partial charge in [-0.05, 0) is 54.6 Å². The van der Waals surface area contributed by atoms with Gasteiger partial charge in [-0.15, -0.1) is 0 Å². The summed E-state index contributed by atoms with van der Waals surface area (Å²) in [6, 6.07) is 11.6. The minimum absolute atomic E-state index is 0.0474. The van der Waals surface area contributed by atoms with E-state index < -0.39 is 0 Å². The van der Waals surface area contributed by atoms with Crippen LogP contribution in [0.1, 0.15) is 23.2 Å². The number of piperidine rings is 1. The van der Waals surface area contributed by atoms with Crippen LogP contribution >= 0.6 is 23.2 Å². The van der Waals surface area contributed by atoms with E-state index in [0.29, 0.717) is 10.6 Å². The van der Waals surface area contributed by atoms with Gasteiger partial charge in [-0.3, -0.25) is 4.79 Å². The van der Waals surface area contributed by atoms with Crippen molar-refractivity contribution >= 4 is 45.7 Å². The molecule has 4 nitrogen and oxygen atoms in total. The fraction of sp³-hybridized carbons (Fsp3) is 0.238. The van der Waals surface area contributed by atoms with Crippen molar-refractivity contribution in [2.75, 3.05) is 18.0 Å². The van der Waals surface area contributed by atoms with Crippen LogP contribution in [-0.4, -0.2) is 30.0 Å². The van der Waals surface area contributed by atoms with Crippen LogP contribution in [0.15, 0.2) is 48.7 Å². The molecule has 0 unspecified atom stereocenters. The summed E-state index contributed by atoms with van der Waals surface area (Å²) in [5.74, 6) is 0.371. The highest BCUT2D eigenvalue weighted by Crippen LogP contribution is 2.28. The number of carbonyl (C=O) groups excluding carboxylic acids is 1. The lowest BCUT2D eigenvalue weighted by atomic mass is 10.0. The van der Waals surface area contributed by atoms with Gasteiger partial charge in [0.25, 0.3) is 5.91 Å². The molecule has 28 heavy (non-hydrogen) atoms. The summed E-state index contributed by atoms with van der Waals surface area (Å²) in [6.07, 6.45) is 3.26. The van der Waals surface area contributed by atoms with Gasteiger partial charge >= 0.3 is 0 Å². The second-order valence-electron chi connectivity index (χ2n) is 6.84. The van der Waals surface area contributed by atoms with Crippen molar-refractivity contribution in [2.24, 2.45) is 0 Å². The third-order valence-electron chi connectivity index (χ3n) is 5.03. The quantitative estimate of drug-likeness (QED) is 0.645. The molecule has 1 N–H and O–H groups in total. The number of hydrogen-bond acceptors (Lipinski definition) is 3. The molecule has 0 radical (unpaired) electrons. The molecule has 1 aromatic heterocycles. The van der Waals surface area contributed by atoms with Crippen molar-refractivity contribution in [1.82, 2.24) is 10.3 Å². The molecular formula is C21H18Cl2FN3O. The largest absolute Gasteiger partial charge is 0.356 e. The number of halogens is 3. The molecule has 0 saturated carbocycles. The van der Waals surface area contributed by atoms with Crippen LogP contribution in [0.3, 0.4) is 0 Å². The Bertz CT molecular complexity index is 1040. The third kappa shape index (κ3) is 3.77. The molecule has 1 aliphatic heterocycles. The first-order valence-electron chi connectivity index (χ1n) is 9.07. The van der Waals surface area contributed by atoms with E-state index in [0.717, 1.165) is 42.5 Å². The third-order valence-corrected chi connectivity index (χ3v) is 5.85. The number of nitrogens with zero attached hydrogens (tertiary/aromatic N) is 2. The molecule has 1 aliphatic rings. The molecule has 0 aliphatic carbocycles. The van der Waals surface area contributed by atoms with Gasteiger partial charge < -0.3 is 10.2 Å². The zero-order valence-corrected chi connectivity index (χ0v) is 16.5. The summed E-state index contributed by atoms with van der Waals surface area (Å²) in [4.78, 5) is 19.2. The highest BCUT2D eigenvalue weighted by molar-refractivity contribution is 6.43. The Labute approximate surface area is 172 Å². The first kappa shape index (κ1) is 19.0. The molecule has 1 saturated heterocycles. The predicted molar refractivity (Wildman–Crippen MR) is 111 cm³/mol. The molecule has 1 fully saturated rings. The second kappa shape index (κ2) is 7.94. The summed E-state index contributed by atoms with van der Waals surface area (Å²) >= 11 is 12.1. The number of anilines is 1. The van der Waals surface area contributed by atoms with Gasteiger partial charge in [-0.25, -0.2) is 9.37 Å². The Morgan fingerprint density at radius 3 is 2.71 bits per heavy atom. The first-order valence-corrected chi connectivity index (χ1v) is 9.82. The van der Waals surface area contributed by atoms with Crippen LogP contribution in [0.4, 0.5) is 10.2 Å². The molecule has 2 aromatic carbocycles. The van der Waals surface area contributed by atoms with Crippen LogP contribution in [0.2, 0.25) is 10.0 Å². The lowest BCUT2D eigenvalue weighted by Crippen LogP contribution is -2.45. The lowest BCUT2D eigenvalue weighted by molar-refractivity contribution is 0.0931. The van der Waals surface area contributed by atoms with E-state index in [1.165, 1.54) is 12.1 Å². The van der Waals surface area contributed by atoms with E-state index in [9.17, 15) is 9.18 Å². The zero-order chi connectivity index (χ0) is 19.7. The highest BCUT2D eigenvalue weighted by atomic mass is 35.5. The van der Waals surface area contributed by atoms with E-state index in [2.05, 4.69) is 15.2 Å². The van der Waals surface area contributed by atoms with Crippen LogP contribution in [0.5, 0.6) is 0 Å². The van der Waals surface area contributed by atoms with Crippen LogP contribution in [0, 0.1) is 5.82 Å². The van der Waals surface area contributed by atoms with Crippen molar-refractivity contribution in [2.45, 2.75) is 18.9 Å². The van der Waals surface area contributed by atoms with Crippen molar-refractivity contribution in [3.63, 3.8) is 0 Å². The summed E-state index contributed by atoms with van der Waals surface area (Å²) in [5.41, 5.74) is 0.384.